The van der Waals surface area contributed by atoms with Crippen molar-refractivity contribution in [3.63, 3.8) is 0 Å². The summed E-state index contributed by atoms with van der Waals surface area (Å²) in [5.41, 5.74) is -1.09. The molecule has 1 saturated carbocycles. The van der Waals surface area contributed by atoms with Gasteiger partial charge in [-0.25, -0.2) is 4.39 Å². The van der Waals surface area contributed by atoms with Crippen LogP contribution < -0.4 is 0 Å². The number of alkyl halides is 3. The lowest BCUT2D eigenvalue weighted by atomic mass is 9.64. The molecule has 0 bridgehead atoms. The molecule has 0 aromatic heterocycles. The van der Waals surface area contributed by atoms with Crippen molar-refractivity contribution in [1.82, 2.24) is 0 Å². The molecule has 0 saturated heterocycles. The Morgan fingerprint density at radius 2 is 1.79 bits per heavy atom. The first-order chi connectivity index (χ1) is 8.62. The van der Waals surface area contributed by atoms with Crippen LogP contribution in [0.4, 0.5) is 17.6 Å². The third-order valence-corrected chi connectivity index (χ3v) is 4.19. The monoisotopic (exact) mass is 296 g/mol. The standard InChI is InChI=1S/C13H13ClF4O/c1-12(19,7-2-3-11(15)10(14)6-7)8-4-9(5-8)13(16,17)18/h2-3,6,8-9,19H,4-5H2,1H3. The van der Waals surface area contributed by atoms with E-state index in [2.05, 4.69) is 0 Å². The number of benzene rings is 1. The zero-order valence-corrected chi connectivity index (χ0v) is 10.9. The van der Waals surface area contributed by atoms with Crippen LogP contribution in [0.25, 0.3) is 0 Å². The van der Waals surface area contributed by atoms with E-state index in [1.54, 1.807) is 0 Å². The van der Waals surface area contributed by atoms with E-state index in [1.165, 1.54) is 19.1 Å². The van der Waals surface area contributed by atoms with Gasteiger partial charge in [0.15, 0.2) is 0 Å². The highest BCUT2D eigenvalue weighted by atomic mass is 35.5. The molecule has 0 radical (unpaired) electrons. The van der Waals surface area contributed by atoms with Crippen LogP contribution in [0.1, 0.15) is 25.3 Å². The van der Waals surface area contributed by atoms with Crippen LogP contribution >= 0.6 is 11.6 Å². The summed E-state index contributed by atoms with van der Waals surface area (Å²) in [5.74, 6) is -2.48. The summed E-state index contributed by atoms with van der Waals surface area (Å²) in [6.45, 7) is 1.44. The van der Waals surface area contributed by atoms with Gasteiger partial charge in [-0.1, -0.05) is 17.7 Å². The van der Waals surface area contributed by atoms with Crippen molar-refractivity contribution in [3.8, 4) is 0 Å². The molecule has 19 heavy (non-hydrogen) atoms. The molecule has 1 atom stereocenters. The van der Waals surface area contributed by atoms with Crippen LogP contribution in [-0.4, -0.2) is 11.3 Å². The van der Waals surface area contributed by atoms with Gasteiger partial charge >= 0.3 is 6.18 Å². The number of hydrogen-bond donors (Lipinski definition) is 1. The van der Waals surface area contributed by atoms with E-state index < -0.39 is 29.4 Å². The minimum atomic E-state index is -4.22. The van der Waals surface area contributed by atoms with Crippen molar-refractivity contribution in [2.24, 2.45) is 11.8 Å². The number of hydrogen-bond acceptors (Lipinski definition) is 1. The Kier molecular flexibility index (Phi) is 3.56. The number of aliphatic hydroxyl groups is 1. The van der Waals surface area contributed by atoms with Crippen LogP contribution in [0.15, 0.2) is 18.2 Å². The Balaban J connectivity index is 2.14. The quantitative estimate of drug-likeness (QED) is 0.808. The zero-order valence-electron chi connectivity index (χ0n) is 10.1. The first-order valence-electron chi connectivity index (χ1n) is 5.87. The summed E-state index contributed by atoms with van der Waals surface area (Å²) in [7, 11) is 0. The second-order valence-electron chi connectivity index (χ2n) is 5.18. The molecule has 1 fully saturated rings. The molecule has 0 spiro atoms. The van der Waals surface area contributed by atoms with E-state index in [1.807, 2.05) is 0 Å². The minimum Gasteiger partial charge on any atom is -0.385 e. The van der Waals surface area contributed by atoms with Crippen LogP contribution in [0, 0.1) is 17.7 Å². The van der Waals surface area contributed by atoms with Crippen molar-refractivity contribution < 1.29 is 22.7 Å². The molecular weight excluding hydrogens is 284 g/mol. The maximum Gasteiger partial charge on any atom is 0.391 e. The maximum absolute atomic E-state index is 13.0. The highest BCUT2D eigenvalue weighted by Crippen LogP contribution is 2.51. The average Bonchev–Trinajstić information content (AvgIpc) is 2.16. The summed E-state index contributed by atoms with van der Waals surface area (Å²) < 4.78 is 50.3. The van der Waals surface area contributed by atoms with E-state index in [0.29, 0.717) is 5.56 Å². The fraction of sp³-hybridized carbons (Fsp3) is 0.538. The lowest BCUT2D eigenvalue weighted by molar-refractivity contribution is -0.222. The highest BCUT2D eigenvalue weighted by molar-refractivity contribution is 6.30. The lowest BCUT2D eigenvalue weighted by Crippen LogP contribution is -2.45. The lowest BCUT2D eigenvalue weighted by Gasteiger charge is -2.45. The molecule has 1 nitrogen and oxygen atoms in total. The van der Waals surface area contributed by atoms with Crippen molar-refractivity contribution in [3.05, 3.63) is 34.6 Å². The second kappa shape index (κ2) is 4.63. The predicted molar refractivity (Wildman–Crippen MR) is 63.2 cm³/mol. The van der Waals surface area contributed by atoms with Gasteiger partial charge < -0.3 is 5.11 Å². The third-order valence-electron chi connectivity index (χ3n) is 3.90. The van der Waals surface area contributed by atoms with Crippen molar-refractivity contribution >= 4 is 11.6 Å². The highest BCUT2D eigenvalue weighted by Gasteiger charge is 2.53. The van der Waals surface area contributed by atoms with E-state index in [-0.39, 0.29) is 17.9 Å². The van der Waals surface area contributed by atoms with Crippen LogP contribution in [0.3, 0.4) is 0 Å². The van der Waals surface area contributed by atoms with Crippen LogP contribution in [0.5, 0.6) is 0 Å². The van der Waals surface area contributed by atoms with Gasteiger partial charge in [-0.05, 0) is 43.4 Å². The second-order valence-corrected chi connectivity index (χ2v) is 5.59. The molecule has 2 rings (SSSR count). The molecule has 0 amide bonds. The first-order valence-corrected chi connectivity index (χ1v) is 6.24. The normalized spacial score (nSPS) is 26.7. The molecular formula is C13H13ClF4O. The average molecular weight is 297 g/mol. The molecule has 1 N–H and O–H groups in total. The van der Waals surface area contributed by atoms with Gasteiger partial charge in [-0.15, -0.1) is 0 Å². The fourth-order valence-electron chi connectivity index (χ4n) is 2.39. The van der Waals surface area contributed by atoms with Gasteiger partial charge in [0.1, 0.15) is 5.82 Å². The fourth-order valence-corrected chi connectivity index (χ4v) is 2.57. The molecule has 0 aliphatic heterocycles. The summed E-state index contributed by atoms with van der Waals surface area (Å²) in [5, 5.41) is 10.2. The SMILES string of the molecule is CC(O)(c1ccc(F)c(Cl)c1)C1CC(C(F)(F)F)C1. The third kappa shape index (κ3) is 2.72. The molecule has 0 heterocycles. The Hall–Kier alpha value is -0.810. The first kappa shape index (κ1) is 14.6. The Morgan fingerprint density at radius 1 is 1.21 bits per heavy atom. The summed E-state index contributed by atoms with van der Waals surface area (Å²) >= 11 is 5.62. The Bertz CT molecular complexity index is 478. The van der Waals surface area contributed by atoms with Crippen LogP contribution in [-0.2, 0) is 5.60 Å². The van der Waals surface area contributed by atoms with Crippen molar-refractivity contribution in [2.75, 3.05) is 0 Å². The van der Waals surface area contributed by atoms with Gasteiger partial charge in [0.2, 0.25) is 0 Å². The Morgan fingerprint density at radius 3 is 2.26 bits per heavy atom. The molecule has 1 unspecified atom stereocenters. The molecule has 1 aliphatic carbocycles. The minimum absolute atomic E-state index is 0.120. The molecule has 106 valence electrons. The topological polar surface area (TPSA) is 20.2 Å². The van der Waals surface area contributed by atoms with Crippen LogP contribution in [0.2, 0.25) is 5.02 Å². The van der Waals surface area contributed by atoms with Crippen molar-refractivity contribution in [2.45, 2.75) is 31.5 Å². The summed E-state index contributed by atoms with van der Waals surface area (Å²) in [4.78, 5) is 0. The zero-order chi connectivity index (χ0) is 14.4. The van der Waals surface area contributed by atoms with E-state index in [0.717, 1.165) is 6.07 Å². The Labute approximate surface area is 113 Å². The summed E-state index contributed by atoms with van der Waals surface area (Å²) in [6.07, 6.45) is -4.45. The number of halogens is 5. The van der Waals surface area contributed by atoms with E-state index in [4.69, 9.17) is 11.6 Å². The van der Waals surface area contributed by atoms with Crippen molar-refractivity contribution in [1.29, 1.82) is 0 Å². The molecule has 6 heteroatoms. The molecule has 1 aromatic rings. The van der Waals surface area contributed by atoms with E-state index >= 15 is 0 Å². The molecule has 1 aromatic carbocycles. The van der Waals surface area contributed by atoms with Gasteiger partial charge in [0, 0.05) is 0 Å². The number of rotatable bonds is 2. The van der Waals surface area contributed by atoms with Gasteiger partial charge in [0.25, 0.3) is 0 Å². The van der Waals surface area contributed by atoms with Gasteiger partial charge in [0.05, 0.1) is 16.5 Å². The molecule has 1 aliphatic rings. The van der Waals surface area contributed by atoms with Gasteiger partial charge in [-0.3, -0.25) is 0 Å². The van der Waals surface area contributed by atoms with Gasteiger partial charge in [-0.2, -0.15) is 13.2 Å². The smallest absolute Gasteiger partial charge is 0.385 e. The maximum atomic E-state index is 13.0. The van der Waals surface area contributed by atoms with E-state index in [9.17, 15) is 22.7 Å². The largest absolute Gasteiger partial charge is 0.391 e. The predicted octanol–water partition coefficient (Wildman–Crippen LogP) is 4.28. The summed E-state index contributed by atoms with van der Waals surface area (Å²) in [6, 6.07) is 3.71.